The van der Waals surface area contributed by atoms with Crippen LogP contribution in [0.4, 0.5) is 10.5 Å². The summed E-state index contributed by atoms with van der Waals surface area (Å²) < 4.78 is 0. The molecule has 35 heavy (non-hydrogen) atoms. The van der Waals surface area contributed by atoms with Crippen LogP contribution in [-0.4, -0.2) is 35.0 Å². The minimum atomic E-state index is -1.08. The molecule has 0 saturated carbocycles. The number of urea groups is 1. The molecule has 1 saturated heterocycles. The van der Waals surface area contributed by atoms with Crippen molar-refractivity contribution in [3.05, 3.63) is 95.6 Å². The van der Waals surface area contributed by atoms with Crippen LogP contribution in [-0.2, 0) is 21.5 Å². The van der Waals surface area contributed by atoms with Crippen LogP contribution in [0, 0.1) is 0 Å². The van der Waals surface area contributed by atoms with E-state index in [1.807, 2.05) is 78.9 Å². The summed E-state index contributed by atoms with van der Waals surface area (Å²) in [6.07, 6.45) is 2.22. The Labute approximate surface area is 208 Å². The number of nitrogens with one attached hydrogen (secondary N) is 1. The average Bonchev–Trinajstić information content (AvgIpc) is 3.13. The second kappa shape index (κ2) is 8.57. The Morgan fingerprint density at radius 2 is 1.71 bits per heavy atom. The number of hydrogen-bond acceptors (Lipinski definition) is 4. The van der Waals surface area contributed by atoms with Crippen molar-refractivity contribution in [2.45, 2.75) is 35.7 Å². The van der Waals surface area contributed by atoms with Gasteiger partial charge in [0.15, 0.2) is 0 Å². The highest BCUT2D eigenvalue weighted by atomic mass is 32.2. The molecule has 3 aromatic rings. The molecule has 2 heterocycles. The molecule has 3 aromatic carbocycles. The van der Waals surface area contributed by atoms with Gasteiger partial charge in [-0.2, -0.15) is 0 Å². The molecule has 6 rings (SSSR count). The molecule has 2 atom stereocenters. The second-order valence-corrected chi connectivity index (χ2v) is 10.3. The fourth-order valence-electron chi connectivity index (χ4n) is 5.58. The van der Waals surface area contributed by atoms with Gasteiger partial charge in [0, 0.05) is 10.6 Å². The van der Waals surface area contributed by atoms with Gasteiger partial charge in [0.2, 0.25) is 5.91 Å². The van der Waals surface area contributed by atoms with Crippen molar-refractivity contribution < 1.29 is 14.4 Å². The third-order valence-electron chi connectivity index (χ3n) is 7.23. The molecule has 1 aliphatic carbocycles. The SMILES string of the molecule is O=C1N[C@]2(CCCc3ccccc32)C(=O)N1CC(=O)N1c2ccccc2SC[C@H]1c1ccccc1. The first-order valence-corrected chi connectivity index (χ1v) is 12.9. The number of anilines is 1. The fourth-order valence-corrected chi connectivity index (χ4v) is 6.75. The smallest absolute Gasteiger partial charge is 0.319 e. The summed E-state index contributed by atoms with van der Waals surface area (Å²) in [5.74, 6) is 0.0969. The van der Waals surface area contributed by atoms with Crippen molar-refractivity contribution in [2.75, 3.05) is 17.2 Å². The number of nitrogens with zero attached hydrogens (tertiary/aromatic N) is 2. The predicted octanol–water partition coefficient (Wildman–Crippen LogP) is 4.65. The van der Waals surface area contributed by atoms with Gasteiger partial charge in [-0.1, -0.05) is 66.7 Å². The molecule has 176 valence electrons. The summed E-state index contributed by atoms with van der Waals surface area (Å²) in [5, 5.41) is 2.96. The first-order valence-electron chi connectivity index (χ1n) is 11.9. The molecule has 0 aromatic heterocycles. The minimum Gasteiger partial charge on any atom is -0.319 e. The number of carbonyl (C=O) groups excluding carboxylic acids is 3. The van der Waals surface area contributed by atoms with Crippen LogP contribution in [0.1, 0.15) is 35.6 Å². The van der Waals surface area contributed by atoms with Crippen LogP contribution in [0.15, 0.2) is 83.8 Å². The van der Waals surface area contributed by atoms with E-state index in [0.717, 1.165) is 45.0 Å². The van der Waals surface area contributed by atoms with Crippen LogP contribution < -0.4 is 10.2 Å². The molecule has 0 unspecified atom stereocenters. The zero-order valence-corrected chi connectivity index (χ0v) is 20.0. The number of fused-ring (bicyclic) bond motifs is 3. The molecule has 2 aliphatic heterocycles. The molecule has 1 spiro atoms. The monoisotopic (exact) mass is 483 g/mol. The van der Waals surface area contributed by atoms with Crippen molar-refractivity contribution in [3.8, 4) is 0 Å². The molecular formula is C28H25N3O3S. The Kier molecular flexibility index (Phi) is 5.37. The summed E-state index contributed by atoms with van der Waals surface area (Å²) >= 11 is 1.71. The molecular weight excluding hydrogens is 458 g/mol. The number of carbonyl (C=O) groups is 3. The Hall–Kier alpha value is -3.58. The largest absolute Gasteiger partial charge is 0.325 e. The van der Waals surface area contributed by atoms with Gasteiger partial charge in [0.1, 0.15) is 12.1 Å². The fraction of sp³-hybridized carbons (Fsp3) is 0.250. The van der Waals surface area contributed by atoms with Gasteiger partial charge < -0.3 is 10.2 Å². The normalized spacial score (nSPS) is 23.1. The van der Waals surface area contributed by atoms with Crippen molar-refractivity contribution in [1.82, 2.24) is 10.2 Å². The lowest BCUT2D eigenvalue weighted by Gasteiger charge is -2.38. The van der Waals surface area contributed by atoms with Crippen LogP contribution in [0.25, 0.3) is 0 Å². The van der Waals surface area contributed by atoms with Crippen LogP contribution >= 0.6 is 11.8 Å². The Balaban J connectivity index is 1.33. The van der Waals surface area contributed by atoms with Gasteiger partial charge >= 0.3 is 6.03 Å². The third kappa shape index (κ3) is 3.53. The van der Waals surface area contributed by atoms with E-state index in [2.05, 4.69) is 5.32 Å². The average molecular weight is 484 g/mol. The van der Waals surface area contributed by atoms with Gasteiger partial charge in [0.25, 0.3) is 5.91 Å². The van der Waals surface area contributed by atoms with E-state index in [9.17, 15) is 14.4 Å². The van der Waals surface area contributed by atoms with Crippen molar-refractivity contribution in [3.63, 3.8) is 0 Å². The Bertz CT molecular complexity index is 1330. The lowest BCUT2D eigenvalue weighted by molar-refractivity contribution is -0.135. The molecule has 3 aliphatic rings. The van der Waals surface area contributed by atoms with Crippen molar-refractivity contribution >= 4 is 35.3 Å². The minimum absolute atomic E-state index is 0.186. The van der Waals surface area contributed by atoms with E-state index in [-0.39, 0.29) is 24.4 Å². The highest BCUT2D eigenvalue weighted by Gasteiger charge is 2.54. The number of benzene rings is 3. The van der Waals surface area contributed by atoms with Crippen LogP contribution in [0.2, 0.25) is 0 Å². The quantitative estimate of drug-likeness (QED) is 0.551. The molecule has 0 radical (unpaired) electrons. The second-order valence-electron chi connectivity index (χ2n) is 9.21. The van der Waals surface area contributed by atoms with Gasteiger partial charge in [0.05, 0.1) is 11.7 Å². The summed E-state index contributed by atoms with van der Waals surface area (Å²) in [6.45, 7) is -0.295. The molecule has 6 nitrogen and oxygen atoms in total. The Morgan fingerprint density at radius 1 is 0.971 bits per heavy atom. The van der Waals surface area contributed by atoms with E-state index in [1.54, 1.807) is 16.7 Å². The van der Waals surface area contributed by atoms with E-state index >= 15 is 0 Å². The highest BCUT2D eigenvalue weighted by molar-refractivity contribution is 7.99. The first-order chi connectivity index (χ1) is 17.1. The number of para-hydroxylation sites is 1. The van der Waals surface area contributed by atoms with Gasteiger partial charge in [-0.25, -0.2) is 4.79 Å². The number of amides is 4. The third-order valence-corrected chi connectivity index (χ3v) is 8.37. The first kappa shape index (κ1) is 21.9. The maximum absolute atomic E-state index is 13.9. The standard InChI is InChI=1S/C28H25N3O3S/c32-25(31-22-14-6-7-15-24(22)35-18-23(31)20-10-2-1-3-11-20)17-30-26(33)28(29-27(30)34)16-8-12-19-9-4-5-13-21(19)28/h1-7,9-11,13-15,23H,8,12,16-18H2,(H,29,34)/t23-,28-/m0/s1. The molecule has 1 N–H and O–H groups in total. The van der Waals surface area contributed by atoms with Crippen LogP contribution in [0.5, 0.6) is 0 Å². The van der Waals surface area contributed by atoms with Gasteiger partial charge in [-0.3, -0.25) is 14.5 Å². The number of thioether (sulfide) groups is 1. The highest BCUT2D eigenvalue weighted by Crippen LogP contribution is 2.44. The molecule has 0 bridgehead atoms. The number of hydrogen-bond donors (Lipinski definition) is 1. The lowest BCUT2D eigenvalue weighted by Crippen LogP contribution is -2.48. The van der Waals surface area contributed by atoms with Crippen LogP contribution in [0.3, 0.4) is 0 Å². The molecule has 7 heteroatoms. The van der Waals surface area contributed by atoms with E-state index in [4.69, 9.17) is 0 Å². The number of aryl methyl sites for hydroxylation is 1. The molecule has 1 fully saturated rings. The van der Waals surface area contributed by atoms with E-state index in [0.29, 0.717) is 12.2 Å². The number of rotatable bonds is 3. The summed E-state index contributed by atoms with van der Waals surface area (Å²) in [7, 11) is 0. The number of imide groups is 1. The van der Waals surface area contributed by atoms with Crippen molar-refractivity contribution in [2.24, 2.45) is 0 Å². The van der Waals surface area contributed by atoms with Gasteiger partial charge in [-0.15, -0.1) is 11.8 Å². The van der Waals surface area contributed by atoms with E-state index < -0.39 is 11.6 Å². The maximum atomic E-state index is 13.9. The van der Waals surface area contributed by atoms with Crippen molar-refractivity contribution in [1.29, 1.82) is 0 Å². The summed E-state index contributed by atoms with van der Waals surface area (Å²) in [5.41, 5.74) is 2.68. The lowest BCUT2D eigenvalue weighted by atomic mass is 9.76. The zero-order valence-electron chi connectivity index (χ0n) is 19.1. The zero-order chi connectivity index (χ0) is 24.0. The maximum Gasteiger partial charge on any atom is 0.325 e. The summed E-state index contributed by atoms with van der Waals surface area (Å²) in [6, 6.07) is 24.8. The predicted molar refractivity (Wildman–Crippen MR) is 135 cm³/mol. The van der Waals surface area contributed by atoms with E-state index in [1.165, 1.54) is 0 Å². The topological polar surface area (TPSA) is 69.7 Å². The molecule has 4 amide bonds. The Morgan fingerprint density at radius 3 is 2.57 bits per heavy atom. The van der Waals surface area contributed by atoms with Gasteiger partial charge in [-0.05, 0) is 48.1 Å². The summed E-state index contributed by atoms with van der Waals surface area (Å²) in [4.78, 5) is 44.6.